The summed E-state index contributed by atoms with van der Waals surface area (Å²) in [5.41, 5.74) is 0.936. The Morgan fingerprint density at radius 1 is 1.16 bits per heavy atom. The van der Waals surface area contributed by atoms with Crippen molar-refractivity contribution in [3.63, 3.8) is 0 Å². The second kappa shape index (κ2) is 15.9. The molecule has 1 fully saturated rings. The van der Waals surface area contributed by atoms with Crippen LogP contribution >= 0.6 is 0 Å². The van der Waals surface area contributed by atoms with Crippen LogP contribution < -0.4 is 15.4 Å². The van der Waals surface area contributed by atoms with Gasteiger partial charge in [0.1, 0.15) is 12.4 Å². The number of nitrogens with one attached hydrogen (secondary N) is 2. The summed E-state index contributed by atoms with van der Waals surface area (Å²) in [5, 5.41) is 13.3. The first kappa shape index (κ1) is 26.1. The molecule has 0 saturated carbocycles. The van der Waals surface area contributed by atoms with E-state index in [2.05, 4.69) is 25.5 Å². The van der Waals surface area contributed by atoms with Crippen molar-refractivity contribution in [1.82, 2.24) is 20.2 Å². The molecule has 1 saturated heterocycles. The number of hydrogen-bond donors (Lipinski definition) is 3. The number of carbonyl (C=O) groups is 1. The zero-order valence-corrected chi connectivity index (χ0v) is 18.9. The number of carboxylic acid groups (broad SMARTS) is 1. The first-order valence-corrected chi connectivity index (χ1v) is 10.4. The number of benzene rings is 1. The number of aromatic nitrogens is 2. The number of nitrogens with zero attached hydrogens (tertiary/aromatic N) is 3. The third-order valence-corrected chi connectivity index (χ3v) is 3.72. The highest BCUT2D eigenvalue weighted by molar-refractivity contribution is 5.64. The van der Waals surface area contributed by atoms with E-state index in [4.69, 9.17) is 14.6 Å². The molecule has 2 heterocycles. The zero-order chi connectivity index (χ0) is 22.9. The maximum Gasteiger partial charge on any atom is 0.404 e. The van der Waals surface area contributed by atoms with Gasteiger partial charge in [0.05, 0.1) is 0 Å². The molecule has 1 aromatic carbocycles. The molecule has 1 amide bonds. The fraction of sp³-hybridized carbons (Fsp3) is 0.500. The standard InChI is InChI=1S/C14H18N4O.C4H9NO2.C4H8O/c1-18(2)10-11-19-13-6-4-12(5-7-13)17-14-15-8-3-9-16-14;1-3(2)5-4(6)7;1-2-4-5-3-1/h3-9H,10-11H2,1-2H3,(H,15,16,17);3,5H,1-2H3,(H,6,7);1-4H2. The van der Waals surface area contributed by atoms with Crippen LogP contribution in [0.25, 0.3) is 0 Å². The first-order chi connectivity index (χ1) is 14.9. The lowest BCUT2D eigenvalue weighted by Gasteiger charge is -2.11. The summed E-state index contributed by atoms with van der Waals surface area (Å²) >= 11 is 0. The van der Waals surface area contributed by atoms with Crippen LogP contribution in [0.3, 0.4) is 0 Å². The van der Waals surface area contributed by atoms with Gasteiger partial charge in [-0.1, -0.05) is 0 Å². The third-order valence-electron chi connectivity index (χ3n) is 3.72. The van der Waals surface area contributed by atoms with Crippen LogP contribution in [-0.4, -0.2) is 72.6 Å². The molecule has 1 aliphatic heterocycles. The van der Waals surface area contributed by atoms with Gasteiger partial charge >= 0.3 is 6.09 Å². The van der Waals surface area contributed by atoms with Gasteiger partial charge in [-0.05, 0) is 71.1 Å². The summed E-state index contributed by atoms with van der Waals surface area (Å²) in [6.07, 6.45) is 5.00. The van der Waals surface area contributed by atoms with Crippen LogP contribution in [0.5, 0.6) is 5.75 Å². The van der Waals surface area contributed by atoms with Crippen molar-refractivity contribution in [1.29, 1.82) is 0 Å². The van der Waals surface area contributed by atoms with Gasteiger partial charge in [-0.3, -0.25) is 0 Å². The van der Waals surface area contributed by atoms with E-state index in [1.54, 1.807) is 32.3 Å². The van der Waals surface area contributed by atoms with Crippen molar-refractivity contribution in [3.8, 4) is 5.75 Å². The average Bonchev–Trinajstić information content (AvgIpc) is 3.29. The van der Waals surface area contributed by atoms with E-state index >= 15 is 0 Å². The molecule has 0 spiro atoms. The highest BCUT2D eigenvalue weighted by Gasteiger charge is 1.98. The molecule has 0 atom stereocenters. The summed E-state index contributed by atoms with van der Waals surface area (Å²) in [6, 6.07) is 9.56. The Balaban J connectivity index is 0.000000327. The van der Waals surface area contributed by atoms with Gasteiger partial charge in [0.15, 0.2) is 0 Å². The second-order valence-corrected chi connectivity index (χ2v) is 7.30. The average molecular weight is 434 g/mol. The monoisotopic (exact) mass is 433 g/mol. The van der Waals surface area contributed by atoms with Gasteiger partial charge in [-0.25, -0.2) is 14.8 Å². The molecule has 3 rings (SSSR count). The minimum atomic E-state index is -0.963. The molecular weight excluding hydrogens is 398 g/mol. The van der Waals surface area contributed by atoms with Gasteiger partial charge in [0.2, 0.25) is 5.95 Å². The quantitative estimate of drug-likeness (QED) is 0.607. The predicted molar refractivity (Wildman–Crippen MR) is 122 cm³/mol. The molecule has 1 aromatic heterocycles. The van der Waals surface area contributed by atoms with Crippen molar-refractivity contribution >= 4 is 17.7 Å². The number of likely N-dealkylation sites (N-methyl/N-ethyl adjacent to an activating group) is 1. The van der Waals surface area contributed by atoms with Gasteiger partial charge < -0.3 is 30.1 Å². The Bertz CT molecular complexity index is 700. The fourth-order valence-electron chi connectivity index (χ4n) is 2.23. The van der Waals surface area contributed by atoms with Crippen LogP contribution in [0.4, 0.5) is 16.4 Å². The van der Waals surface area contributed by atoms with Crippen LogP contribution in [0.15, 0.2) is 42.7 Å². The molecule has 1 aliphatic rings. The Morgan fingerprint density at radius 2 is 1.77 bits per heavy atom. The summed E-state index contributed by atoms with van der Waals surface area (Å²) in [4.78, 5) is 20.0. The number of amides is 1. The molecule has 0 unspecified atom stereocenters. The number of ether oxygens (including phenoxy) is 2. The summed E-state index contributed by atoms with van der Waals surface area (Å²) in [7, 11) is 4.05. The van der Waals surface area contributed by atoms with E-state index in [0.29, 0.717) is 12.6 Å². The van der Waals surface area contributed by atoms with E-state index in [9.17, 15) is 4.79 Å². The highest BCUT2D eigenvalue weighted by Crippen LogP contribution is 2.17. The van der Waals surface area contributed by atoms with Crippen LogP contribution in [0, 0.1) is 0 Å². The van der Waals surface area contributed by atoms with Crippen molar-refractivity contribution in [2.75, 3.05) is 45.8 Å². The van der Waals surface area contributed by atoms with Crippen molar-refractivity contribution < 1.29 is 19.4 Å². The zero-order valence-electron chi connectivity index (χ0n) is 18.9. The third kappa shape index (κ3) is 14.7. The number of hydrogen-bond acceptors (Lipinski definition) is 7. The molecule has 9 heteroatoms. The van der Waals surface area contributed by atoms with Crippen molar-refractivity contribution in [2.24, 2.45) is 0 Å². The second-order valence-electron chi connectivity index (χ2n) is 7.30. The molecule has 2 aromatic rings. The topological polar surface area (TPSA) is 109 Å². The predicted octanol–water partition coefficient (Wildman–Crippen LogP) is 3.62. The lowest BCUT2D eigenvalue weighted by Crippen LogP contribution is -2.27. The number of anilines is 2. The van der Waals surface area contributed by atoms with E-state index in [0.717, 1.165) is 31.2 Å². The maximum absolute atomic E-state index is 9.70. The molecule has 0 aliphatic carbocycles. The lowest BCUT2D eigenvalue weighted by atomic mass is 10.3. The van der Waals surface area contributed by atoms with E-state index in [-0.39, 0.29) is 6.04 Å². The Morgan fingerprint density at radius 3 is 2.19 bits per heavy atom. The minimum Gasteiger partial charge on any atom is -0.492 e. The molecule has 172 valence electrons. The summed E-state index contributed by atoms with van der Waals surface area (Å²) in [6.45, 7) is 7.13. The Kier molecular flexibility index (Phi) is 13.4. The van der Waals surface area contributed by atoms with Crippen molar-refractivity contribution in [2.45, 2.75) is 32.7 Å². The molecule has 9 nitrogen and oxygen atoms in total. The highest BCUT2D eigenvalue weighted by atomic mass is 16.5. The van der Waals surface area contributed by atoms with Crippen molar-refractivity contribution in [3.05, 3.63) is 42.7 Å². The van der Waals surface area contributed by atoms with E-state index < -0.39 is 6.09 Å². The maximum atomic E-state index is 9.70. The summed E-state index contributed by atoms with van der Waals surface area (Å²) in [5.74, 6) is 1.45. The number of rotatable bonds is 7. The fourth-order valence-corrected chi connectivity index (χ4v) is 2.23. The van der Waals surface area contributed by atoms with Crippen LogP contribution in [-0.2, 0) is 4.74 Å². The van der Waals surface area contributed by atoms with Crippen LogP contribution in [0.1, 0.15) is 26.7 Å². The Hall–Kier alpha value is -2.91. The molecule has 0 radical (unpaired) electrons. The van der Waals surface area contributed by atoms with Gasteiger partial charge in [0, 0.05) is 43.9 Å². The minimum absolute atomic E-state index is 0.0255. The molecular formula is C22H35N5O4. The first-order valence-electron chi connectivity index (χ1n) is 10.4. The van der Waals surface area contributed by atoms with Gasteiger partial charge in [-0.15, -0.1) is 0 Å². The van der Waals surface area contributed by atoms with Gasteiger partial charge in [0.25, 0.3) is 0 Å². The summed E-state index contributed by atoms with van der Waals surface area (Å²) < 4.78 is 10.6. The Labute approximate surface area is 184 Å². The molecule has 31 heavy (non-hydrogen) atoms. The van der Waals surface area contributed by atoms with E-state index in [1.165, 1.54) is 12.8 Å². The van der Waals surface area contributed by atoms with E-state index in [1.807, 2.05) is 38.4 Å². The smallest absolute Gasteiger partial charge is 0.404 e. The lowest BCUT2D eigenvalue weighted by molar-refractivity contribution is 0.191. The van der Waals surface area contributed by atoms with Crippen LogP contribution in [0.2, 0.25) is 0 Å². The largest absolute Gasteiger partial charge is 0.492 e. The van der Waals surface area contributed by atoms with Gasteiger partial charge in [-0.2, -0.15) is 0 Å². The molecule has 0 bridgehead atoms. The SMILES string of the molecule is C1CCOC1.CC(C)NC(=O)O.CN(C)CCOc1ccc(Nc2ncccn2)cc1. The normalized spacial score (nSPS) is 12.3. The molecule has 3 N–H and O–H groups in total.